The van der Waals surface area contributed by atoms with Crippen LogP contribution in [0.15, 0.2) is 35.7 Å². The molecule has 3 aliphatic rings. The van der Waals surface area contributed by atoms with Crippen LogP contribution in [0.25, 0.3) is 0 Å². The molecule has 2 aliphatic carbocycles. The summed E-state index contributed by atoms with van der Waals surface area (Å²) in [5, 5.41) is 2.71. The predicted molar refractivity (Wildman–Crippen MR) is 140 cm³/mol. The highest BCUT2D eigenvalue weighted by molar-refractivity contribution is 7.85. The highest BCUT2D eigenvalue weighted by Gasteiger charge is 2.65. The van der Waals surface area contributed by atoms with E-state index in [4.69, 9.17) is 20.9 Å². The molecule has 1 aliphatic heterocycles. The molecule has 2 bridgehead atoms. The van der Waals surface area contributed by atoms with Gasteiger partial charge in [0.25, 0.3) is 10.1 Å². The Labute approximate surface area is 221 Å². The summed E-state index contributed by atoms with van der Waals surface area (Å²) in [6.45, 7) is 5.48. The molecular weight excluding hydrogens is 522 g/mol. The molecular formula is C26H32ClNO6S2. The number of ether oxygens (including phenoxy) is 1. The SMILES string of the molecule is CC1(C)[C@@H]2CC[C@@]1(CS(=O)(=O)O)C(=O)C2.COC(=O)[C@H](c1ccccc1Cl)N1CCc2sccc2C1. The van der Waals surface area contributed by atoms with Crippen LogP contribution in [0.1, 0.15) is 55.2 Å². The van der Waals surface area contributed by atoms with E-state index in [-0.39, 0.29) is 23.1 Å². The van der Waals surface area contributed by atoms with E-state index >= 15 is 0 Å². The number of thiophene rings is 1. The lowest BCUT2D eigenvalue weighted by atomic mass is 9.70. The fourth-order valence-corrected chi connectivity index (χ4v) is 8.62. The first-order chi connectivity index (χ1) is 16.9. The maximum atomic E-state index is 12.3. The number of benzene rings is 1. The average Bonchev–Trinajstić information content (AvgIpc) is 3.42. The summed E-state index contributed by atoms with van der Waals surface area (Å²) >= 11 is 8.07. The van der Waals surface area contributed by atoms with Crippen molar-refractivity contribution in [1.82, 2.24) is 4.90 Å². The van der Waals surface area contributed by atoms with Gasteiger partial charge in [0.2, 0.25) is 0 Å². The second-order valence-electron chi connectivity index (χ2n) is 10.4. The number of hydrogen-bond donors (Lipinski definition) is 1. The van der Waals surface area contributed by atoms with E-state index in [1.165, 1.54) is 17.6 Å². The molecule has 0 unspecified atom stereocenters. The molecule has 2 fully saturated rings. The number of carbonyl (C=O) groups excluding carboxylic acids is 2. The van der Waals surface area contributed by atoms with Gasteiger partial charge in [0, 0.05) is 29.4 Å². The van der Waals surface area contributed by atoms with Crippen LogP contribution in [0.5, 0.6) is 0 Å². The first kappa shape index (κ1) is 27.3. The van der Waals surface area contributed by atoms with Gasteiger partial charge in [-0.3, -0.25) is 14.2 Å². The molecule has 5 rings (SSSR count). The van der Waals surface area contributed by atoms with Crippen molar-refractivity contribution in [1.29, 1.82) is 0 Å². The third-order valence-corrected chi connectivity index (χ3v) is 10.6. The number of ketones is 1. The van der Waals surface area contributed by atoms with Crippen molar-refractivity contribution in [3.05, 3.63) is 56.7 Å². The van der Waals surface area contributed by atoms with Crippen LogP contribution in [-0.4, -0.2) is 49.0 Å². The van der Waals surface area contributed by atoms with E-state index in [0.29, 0.717) is 17.9 Å². The minimum Gasteiger partial charge on any atom is -0.468 e. The minimum atomic E-state index is -4.08. The lowest BCUT2D eigenvalue weighted by Gasteiger charge is -2.35. The molecule has 3 atom stereocenters. The molecule has 196 valence electrons. The van der Waals surface area contributed by atoms with Crippen molar-refractivity contribution in [2.24, 2.45) is 16.7 Å². The Morgan fingerprint density at radius 2 is 2.03 bits per heavy atom. The number of esters is 1. The third-order valence-electron chi connectivity index (χ3n) is 8.39. The number of hydrogen-bond acceptors (Lipinski definition) is 7. The predicted octanol–water partition coefficient (Wildman–Crippen LogP) is 4.94. The number of fused-ring (bicyclic) bond motifs is 3. The van der Waals surface area contributed by atoms with Crippen molar-refractivity contribution in [3.63, 3.8) is 0 Å². The van der Waals surface area contributed by atoms with E-state index < -0.39 is 27.3 Å². The summed E-state index contributed by atoms with van der Waals surface area (Å²) in [4.78, 5) is 27.7. The molecule has 0 saturated heterocycles. The van der Waals surface area contributed by atoms with Crippen LogP contribution in [0.4, 0.5) is 0 Å². The summed E-state index contributed by atoms with van der Waals surface area (Å²) in [6.07, 6.45) is 2.94. The number of methoxy groups -OCH3 is 1. The zero-order chi connectivity index (χ0) is 26.3. The van der Waals surface area contributed by atoms with E-state index in [0.717, 1.165) is 31.5 Å². The third kappa shape index (κ3) is 5.00. The fourth-order valence-electron chi connectivity index (χ4n) is 6.19. The molecule has 10 heteroatoms. The Kier molecular flexibility index (Phi) is 7.70. The standard InChI is InChI=1S/C16H16ClNO2S.C10H16O4S/c1-20-16(19)15(12-4-2-3-5-13(12)17)18-8-6-14-11(10-18)7-9-21-14;1-9(2)7-3-4-10(9,8(11)5-7)6-15(12,13)14/h2-5,7,9,15H,6,8,10H2,1H3;7H,3-6H2,1-2H3,(H,12,13,14)/t15-;7-,10-/m01/s1. The van der Waals surface area contributed by atoms with Gasteiger partial charge in [0.1, 0.15) is 11.8 Å². The Morgan fingerprint density at radius 3 is 2.61 bits per heavy atom. The van der Waals surface area contributed by atoms with Crippen molar-refractivity contribution >= 4 is 44.8 Å². The highest BCUT2D eigenvalue weighted by Crippen LogP contribution is 2.64. The van der Waals surface area contributed by atoms with Crippen molar-refractivity contribution in [2.45, 2.75) is 52.1 Å². The number of nitrogens with zero attached hydrogens (tertiary/aromatic N) is 1. The van der Waals surface area contributed by atoms with Gasteiger partial charge in [-0.1, -0.05) is 43.6 Å². The van der Waals surface area contributed by atoms with Crippen LogP contribution in [0.3, 0.4) is 0 Å². The van der Waals surface area contributed by atoms with Gasteiger partial charge in [-0.15, -0.1) is 11.3 Å². The quantitative estimate of drug-likeness (QED) is 0.413. The highest BCUT2D eigenvalue weighted by atomic mass is 35.5. The van der Waals surface area contributed by atoms with Gasteiger partial charge in [0.05, 0.1) is 18.3 Å². The van der Waals surface area contributed by atoms with Crippen molar-refractivity contribution in [2.75, 3.05) is 19.4 Å². The number of carbonyl (C=O) groups is 2. The molecule has 1 aromatic carbocycles. The second kappa shape index (κ2) is 10.2. The van der Waals surface area contributed by atoms with Crippen LogP contribution in [0.2, 0.25) is 5.02 Å². The maximum absolute atomic E-state index is 12.3. The maximum Gasteiger partial charge on any atom is 0.327 e. The fraction of sp³-hybridized carbons (Fsp3) is 0.538. The lowest BCUT2D eigenvalue weighted by molar-refractivity contribution is -0.147. The molecule has 2 aromatic rings. The second-order valence-corrected chi connectivity index (χ2v) is 13.3. The van der Waals surface area contributed by atoms with E-state index in [1.807, 2.05) is 38.1 Å². The first-order valence-electron chi connectivity index (χ1n) is 12.0. The largest absolute Gasteiger partial charge is 0.468 e. The minimum absolute atomic E-state index is 0.0152. The summed E-state index contributed by atoms with van der Waals surface area (Å²) in [7, 11) is -2.65. The van der Waals surface area contributed by atoms with Crippen LogP contribution >= 0.6 is 22.9 Å². The molecule has 2 heterocycles. The summed E-state index contributed by atoms with van der Waals surface area (Å²) in [5.41, 5.74) is 0.988. The van der Waals surface area contributed by atoms with Gasteiger partial charge in [-0.25, -0.2) is 4.79 Å². The van der Waals surface area contributed by atoms with Crippen LogP contribution in [-0.2, 0) is 37.4 Å². The summed E-state index contributed by atoms with van der Waals surface area (Å²) in [6, 6.07) is 9.16. The molecule has 0 spiro atoms. The number of halogens is 1. The Bertz CT molecular complexity index is 1260. The lowest BCUT2D eigenvalue weighted by Crippen LogP contribution is -2.42. The van der Waals surface area contributed by atoms with E-state index in [1.54, 1.807) is 11.3 Å². The Hall–Kier alpha value is -1.78. The van der Waals surface area contributed by atoms with Crippen molar-refractivity contribution < 1.29 is 27.3 Å². The van der Waals surface area contributed by atoms with E-state index in [9.17, 15) is 18.0 Å². The van der Waals surface area contributed by atoms with Gasteiger partial charge < -0.3 is 4.74 Å². The molecule has 0 radical (unpaired) electrons. The molecule has 36 heavy (non-hydrogen) atoms. The molecule has 2 saturated carbocycles. The van der Waals surface area contributed by atoms with Gasteiger partial charge in [-0.05, 0) is 59.2 Å². The topological polar surface area (TPSA) is 101 Å². The average molecular weight is 554 g/mol. The zero-order valence-electron chi connectivity index (χ0n) is 20.7. The smallest absolute Gasteiger partial charge is 0.327 e. The Morgan fingerprint density at radius 1 is 1.31 bits per heavy atom. The summed E-state index contributed by atoms with van der Waals surface area (Å²) in [5.74, 6) is -0.364. The normalized spacial score (nSPS) is 25.6. The zero-order valence-corrected chi connectivity index (χ0v) is 23.1. The van der Waals surface area contributed by atoms with Gasteiger partial charge >= 0.3 is 5.97 Å². The number of Topliss-reactive ketones (excluding diaryl/α,β-unsaturated/α-hetero) is 1. The van der Waals surface area contributed by atoms with E-state index in [2.05, 4.69) is 16.3 Å². The molecule has 1 aromatic heterocycles. The van der Waals surface area contributed by atoms with Gasteiger partial charge in [0.15, 0.2) is 0 Å². The summed E-state index contributed by atoms with van der Waals surface area (Å²) < 4.78 is 36.0. The van der Waals surface area contributed by atoms with Crippen LogP contribution < -0.4 is 0 Å². The monoisotopic (exact) mass is 553 g/mol. The van der Waals surface area contributed by atoms with Gasteiger partial charge in [-0.2, -0.15) is 8.42 Å². The van der Waals surface area contributed by atoms with Crippen molar-refractivity contribution in [3.8, 4) is 0 Å². The Balaban J connectivity index is 0.000000179. The van der Waals surface area contributed by atoms with Crippen LogP contribution in [0, 0.1) is 16.7 Å². The molecule has 7 nitrogen and oxygen atoms in total. The number of rotatable bonds is 5. The first-order valence-corrected chi connectivity index (χ1v) is 14.9. The molecule has 1 N–H and O–H groups in total. The molecule has 0 amide bonds.